The van der Waals surface area contributed by atoms with Gasteiger partial charge in [0.05, 0.1) is 16.9 Å². The first kappa shape index (κ1) is 11.6. The van der Waals surface area contributed by atoms with E-state index in [-0.39, 0.29) is 11.4 Å². The number of carbonyl (C=O) groups is 1. The highest BCUT2D eigenvalue weighted by Gasteiger charge is 2.16. The van der Waals surface area contributed by atoms with Crippen LogP contribution in [0.5, 0.6) is 5.75 Å². The van der Waals surface area contributed by atoms with E-state index in [1.807, 2.05) is 0 Å². The first-order valence-corrected chi connectivity index (χ1v) is 4.93. The van der Waals surface area contributed by atoms with Crippen LogP contribution in [0.25, 0.3) is 0 Å². The SMILES string of the molecule is COc1cc(C(Br)C=O)ccc1[N+](=O)[O-]. The fourth-order valence-electron chi connectivity index (χ4n) is 1.10. The third kappa shape index (κ3) is 2.53. The van der Waals surface area contributed by atoms with Crippen LogP contribution in [0.2, 0.25) is 0 Å². The summed E-state index contributed by atoms with van der Waals surface area (Å²) in [5.74, 6) is 0.142. The fourth-order valence-corrected chi connectivity index (χ4v) is 1.38. The average Bonchev–Trinajstić information content (AvgIpc) is 2.26. The minimum atomic E-state index is -0.535. The van der Waals surface area contributed by atoms with Gasteiger partial charge in [-0.1, -0.05) is 22.0 Å². The van der Waals surface area contributed by atoms with E-state index in [1.54, 1.807) is 0 Å². The molecule has 6 heteroatoms. The van der Waals surface area contributed by atoms with Crippen LogP contribution < -0.4 is 4.74 Å². The van der Waals surface area contributed by atoms with Gasteiger partial charge in [-0.05, 0) is 11.6 Å². The molecule has 5 nitrogen and oxygen atoms in total. The number of nitrogens with zero attached hydrogens (tertiary/aromatic N) is 1. The van der Waals surface area contributed by atoms with Crippen LogP contribution in [0, 0.1) is 10.1 Å². The maximum atomic E-state index is 10.6. The highest BCUT2D eigenvalue weighted by Crippen LogP contribution is 2.31. The molecule has 0 saturated heterocycles. The van der Waals surface area contributed by atoms with Crippen molar-refractivity contribution in [2.75, 3.05) is 7.11 Å². The molecule has 0 N–H and O–H groups in total. The fraction of sp³-hybridized carbons (Fsp3) is 0.222. The molecule has 80 valence electrons. The number of halogens is 1. The third-order valence-corrected chi connectivity index (χ3v) is 2.58. The normalized spacial score (nSPS) is 11.9. The van der Waals surface area contributed by atoms with Gasteiger partial charge in [-0.3, -0.25) is 10.1 Å². The molecule has 0 heterocycles. The van der Waals surface area contributed by atoms with E-state index in [1.165, 1.54) is 25.3 Å². The van der Waals surface area contributed by atoms with Gasteiger partial charge < -0.3 is 9.53 Å². The number of nitro groups is 1. The smallest absolute Gasteiger partial charge is 0.310 e. The average molecular weight is 274 g/mol. The number of alkyl halides is 1. The third-order valence-electron chi connectivity index (χ3n) is 1.84. The van der Waals surface area contributed by atoms with E-state index >= 15 is 0 Å². The molecule has 1 rings (SSSR count). The maximum Gasteiger partial charge on any atom is 0.310 e. The zero-order valence-electron chi connectivity index (χ0n) is 7.84. The van der Waals surface area contributed by atoms with Gasteiger partial charge in [0.2, 0.25) is 0 Å². The quantitative estimate of drug-likeness (QED) is 0.365. The molecule has 1 aromatic carbocycles. The summed E-state index contributed by atoms with van der Waals surface area (Å²) in [6.45, 7) is 0. The van der Waals surface area contributed by atoms with E-state index in [4.69, 9.17) is 4.74 Å². The molecule has 0 amide bonds. The summed E-state index contributed by atoms with van der Waals surface area (Å²) in [4.78, 5) is 20.1. The molecule has 1 aromatic rings. The first-order chi connectivity index (χ1) is 7.10. The number of hydrogen-bond donors (Lipinski definition) is 0. The van der Waals surface area contributed by atoms with Crippen molar-refractivity contribution >= 4 is 27.9 Å². The lowest BCUT2D eigenvalue weighted by molar-refractivity contribution is -0.385. The van der Waals surface area contributed by atoms with Crippen LogP contribution in [0.3, 0.4) is 0 Å². The summed E-state index contributed by atoms with van der Waals surface area (Å²) in [6, 6.07) is 4.28. The van der Waals surface area contributed by atoms with Crippen LogP contribution in [0.1, 0.15) is 10.4 Å². The van der Waals surface area contributed by atoms with Crippen LogP contribution >= 0.6 is 15.9 Å². The summed E-state index contributed by atoms with van der Waals surface area (Å²) in [5, 5.41) is 10.6. The summed E-state index contributed by atoms with van der Waals surface area (Å²) < 4.78 is 4.86. The number of carbonyl (C=O) groups excluding carboxylic acids is 1. The molecule has 0 saturated carbocycles. The second-order valence-electron chi connectivity index (χ2n) is 2.73. The summed E-state index contributed by atoms with van der Waals surface area (Å²) in [5.41, 5.74) is 0.499. The predicted octanol–water partition coefficient (Wildman–Crippen LogP) is 2.24. The molecule has 1 unspecified atom stereocenters. The van der Waals surface area contributed by atoms with Crippen LogP contribution in [-0.2, 0) is 4.79 Å². The van der Waals surface area contributed by atoms with Gasteiger partial charge >= 0.3 is 5.69 Å². The minimum absolute atomic E-state index is 0.119. The highest BCUT2D eigenvalue weighted by molar-refractivity contribution is 9.09. The van der Waals surface area contributed by atoms with Crippen molar-refractivity contribution in [1.29, 1.82) is 0 Å². The van der Waals surface area contributed by atoms with Gasteiger partial charge in [-0.2, -0.15) is 0 Å². The zero-order chi connectivity index (χ0) is 11.4. The van der Waals surface area contributed by atoms with E-state index in [0.717, 1.165) is 0 Å². The van der Waals surface area contributed by atoms with Gasteiger partial charge in [-0.15, -0.1) is 0 Å². The number of benzene rings is 1. The Kier molecular flexibility index (Phi) is 3.79. The number of methoxy groups -OCH3 is 1. The number of hydrogen-bond acceptors (Lipinski definition) is 4. The topological polar surface area (TPSA) is 69.4 Å². The Bertz CT molecular complexity index is 394. The van der Waals surface area contributed by atoms with Gasteiger partial charge in [0.15, 0.2) is 5.75 Å². The van der Waals surface area contributed by atoms with Crippen molar-refractivity contribution in [3.63, 3.8) is 0 Å². The Hall–Kier alpha value is -1.43. The number of aldehydes is 1. The van der Waals surface area contributed by atoms with Crippen molar-refractivity contribution in [1.82, 2.24) is 0 Å². The van der Waals surface area contributed by atoms with E-state index in [9.17, 15) is 14.9 Å². The molecular formula is C9H8BrNO4. The molecule has 1 atom stereocenters. The van der Waals surface area contributed by atoms with Gasteiger partial charge in [0.25, 0.3) is 0 Å². The molecule has 0 aromatic heterocycles. The summed E-state index contributed by atoms with van der Waals surface area (Å²) >= 11 is 3.12. The highest BCUT2D eigenvalue weighted by atomic mass is 79.9. The number of nitro benzene ring substituents is 1. The van der Waals surface area contributed by atoms with E-state index in [0.29, 0.717) is 11.8 Å². The maximum absolute atomic E-state index is 10.6. The van der Waals surface area contributed by atoms with Crippen molar-refractivity contribution in [2.45, 2.75) is 4.83 Å². The number of rotatable bonds is 4. The standard InChI is InChI=1S/C9H8BrNO4/c1-15-9-4-6(7(10)5-12)2-3-8(9)11(13)14/h2-5,7H,1H3. The Morgan fingerprint density at radius 3 is 2.73 bits per heavy atom. The Morgan fingerprint density at radius 2 is 2.27 bits per heavy atom. The molecular weight excluding hydrogens is 266 g/mol. The molecule has 0 fully saturated rings. The van der Waals surface area contributed by atoms with Gasteiger partial charge in [-0.25, -0.2) is 0 Å². The molecule has 0 aliphatic rings. The predicted molar refractivity (Wildman–Crippen MR) is 57.4 cm³/mol. The lowest BCUT2D eigenvalue weighted by atomic mass is 10.1. The van der Waals surface area contributed by atoms with E-state index in [2.05, 4.69) is 15.9 Å². The largest absolute Gasteiger partial charge is 0.490 e. The van der Waals surface area contributed by atoms with Crippen molar-refractivity contribution in [3.8, 4) is 5.75 Å². The van der Waals surface area contributed by atoms with Gasteiger partial charge in [0, 0.05) is 6.07 Å². The second-order valence-corrected chi connectivity index (χ2v) is 3.71. The van der Waals surface area contributed by atoms with Crippen LogP contribution in [0.15, 0.2) is 18.2 Å². The minimum Gasteiger partial charge on any atom is -0.490 e. The summed E-state index contributed by atoms with van der Waals surface area (Å²) in [6.07, 6.45) is 0.695. The Balaban J connectivity index is 3.18. The molecule has 0 radical (unpaired) electrons. The Morgan fingerprint density at radius 1 is 1.60 bits per heavy atom. The lowest BCUT2D eigenvalue weighted by Crippen LogP contribution is -1.97. The van der Waals surface area contributed by atoms with Crippen molar-refractivity contribution in [2.24, 2.45) is 0 Å². The first-order valence-electron chi connectivity index (χ1n) is 4.02. The Labute approximate surface area is 94.3 Å². The molecule has 0 spiro atoms. The lowest BCUT2D eigenvalue weighted by Gasteiger charge is -2.05. The van der Waals surface area contributed by atoms with Crippen molar-refractivity contribution in [3.05, 3.63) is 33.9 Å². The van der Waals surface area contributed by atoms with Crippen molar-refractivity contribution < 1.29 is 14.5 Å². The van der Waals surface area contributed by atoms with Gasteiger partial charge in [0.1, 0.15) is 6.29 Å². The second kappa shape index (κ2) is 4.88. The molecule has 0 aliphatic carbocycles. The molecule has 15 heavy (non-hydrogen) atoms. The molecule has 0 aliphatic heterocycles. The zero-order valence-corrected chi connectivity index (χ0v) is 9.43. The summed E-state index contributed by atoms with van der Waals surface area (Å²) in [7, 11) is 1.34. The monoisotopic (exact) mass is 273 g/mol. The van der Waals surface area contributed by atoms with Crippen LogP contribution in [0.4, 0.5) is 5.69 Å². The molecule has 0 bridgehead atoms. The number of ether oxygens (including phenoxy) is 1. The van der Waals surface area contributed by atoms with E-state index < -0.39 is 9.75 Å². The van der Waals surface area contributed by atoms with Crippen LogP contribution in [-0.4, -0.2) is 18.3 Å².